The van der Waals surface area contributed by atoms with Gasteiger partial charge in [-0.1, -0.05) is 49.6 Å². The molecular formula is C25H35N3O2. The summed E-state index contributed by atoms with van der Waals surface area (Å²) in [5.74, 6) is 0.0321. The zero-order valence-electron chi connectivity index (χ0n) is 18.6. The van der Waals surface area contributed by atoms with E-state index in [9.17, 15) is 9.59 Å². The van der Waals surface area contributed by atoms with Gasteiger partial charge >= 0.3 is 0 Å². The number of nitrogens with zero attached hydrogens (tertiary/aromatic N) is 3. The lowest BCUT2D eigenvalue weighted by Gasteiger charge is -2.36. The second-order valence-electron chi connectivity index (χ2n) is 8.67. The molecule has 0 spiro atoms. The average Bonchev–Trinajstić information content (AvgIpc) is 3.17. The standard InChI is InChI=1S/C25H35N3O2/c1-20(2)27(25(30)19-28(21(3)29)23-13-8-5-9-14-23)18-24-15-10-16-26(24)17-22-11-6-4-7-12-22/h4,6-7,10-12,15-16,20,23H,5,8-9,13-14,17-19H2,1-3H3. The molecule has 0 radical (unpaired) electrons. The van der Waals surface area contributed by atoms with E-state index in [2.05, 4.69) is 29.0 Å². The number of hydrogen-bond acceptors (Lipinski definition) is 2. The van der Waals surface area contributed by atoms with Crippen LogP contribution in [0.15, 0.2) is 48.7 Å². The molecule has 0 saturated heterocycles. The first-order valence-electron chi connectivity index (χ1n) is 11.2. The molecule has 5 heteroatoms. The van der Waals surface area contributed by atoms with Gasteiger partial charge in [0, 0.05) is 37.4 Å². The van der Waals surface area contributed by atoms with Crippen molar-refractivity contribution in [3.63, 3.8) is 0 Å². The van der Waals surface area contributed by atoms with Crippen LogP contribution in [0.5, 0.6) is 0 Å². The average molecular weight is 410 g/mol. The number of carbonyl (C=O) groups excluding carboxylic acids is 2. The van der Waals surface area contributed by atoms with E-state index in [1.54, 1.807) is 11.8 Å². The minimum absolute atomic E-state index is 0.00593. The van der Waals surface area contributed by atoms with Crippen LogP contribution < -0.4 is 0 Å². The normalized spacial score (nSPS) is 14.7. The molecule has 2 aromatic rings. The summed E-state index contributed by atoms with van der Waals surface area (Å²) in [6, 6.07) is 14.7. The molecule has 2 amide bonds. The van der Waals surface area contributed by atoms with Crippen LogP contribution in [0.25, 0.3) is 0 Å². The van der Waals surface area contributed by atoms with Crippen molar-refractivity contribution >= 4 is 11.8 Å². The van der Waals surface area contributed by atoms with Crippen LogP contribution in [0.4, 0.5) is 0 Å². The zero-order chi connectivity index (χ0) is 21.5. The molecular weight excluding hydrogens is 374 g/mol. The van der Waals surface area contributed by atoms with Gasteiger partial charge < -0.3 is 14.4 Å². The third-order valence-corrected chi connectivity index (χ3v) is 6.12. The first-order chi connectivity index (χ1) is 14.5. The molecule has 0 bridgehead atoms. The highest BCUT2D eigenvalue weighted by atomic mass is 16.2. The summed E-state index contributed by atoms with van der Waals surface area (Å²) < 4.78 is 2.20. The Hall–Kier alpha value is -2.56. The lowest BCUT2D eigenvalue weighted by molar-refractivity contribution is -0.143. The molecule has 1 fully saturated rings. The summed E-state index contributed by atoms with van der Waals surface area (Å²) in [5.41, 5.74) is 2.34. The molecule has 3 rings (SSSR count). The predicted octanol–water partition coefficient (Wildman–Crippen LogP) is 4.45. The lowest BCUT2D eigenvalue weighted by Crippen LogP contribution is -2.48. The fourth-order valence-electron chi connectivity index (χ4n) is 4.39. The zero-order valence-corrected chi connectivity index (χ0v) is 18.6. The fraction of sp³-hybridized carbons (Fsp3) is 0.520. The Balaban J connectivity index is 1.70. The predicted molar refractivity (Wildman–Crippen MR) is 120 cm³/mol. The Morgan fingerprint density at radius 3 is 2.37 bits per heavy atom. The van der Waals surface area contributed by atoms with Crippen LogP contribution in [0.1, 0.15) is 64.1 Å². The van der Waals surface area contributed by atoms with Crippen molar-refractivity contribution in [3.05, 3.63) is 59.9 Å². The maximum Gasteiger partial charge on any atom is 0.242 e. The van der Waals surface area contributed by atoms with Gasteiger partial charge in [-0.05, 0) is 44.4 Å². The van der Waals surface area contributed by atoms with Gasteiger partial charge in [-0.15, -0.1) is 0 Å². The third kappa shape index (κ3) is 5.74. The smallest absolute Gasteiger partial charge is 0.242 e. The van der Waals surface area contributed by atoms with Gasteiger partial charge in [0.2, 0.25) is 11.8 Å². The highest BCUT2D eigenvalue weighted by molar-refractivity contribution is 5.84. The van der Waals surface area contributed by atoms with Crippen molar-refractivity contribution in [3.8, 4) is 0 Å². The summed E-state index contributed by atoms with van der Waals surface area (Å²) >= 11 is 0. The van der Waals surface area contributed by atoms with E-state index in [0.29, 0.717) is 6.54 Å². The van der Waals surface area contributed by atoms with E-state index in [1.165, 1.54) is 12.0 Å². The lowest BCUT2D eigenvalue weighted by atomic mass is 9.94. The summed E-state index contributed by atoms with van der Waals surface area (Å²) in [6.07, 6.45) is 7.60. The second-order valence-corrected chi connectivity index (χ2v) is 8.67. The molecule has 1 aliphatic carbocycles. The topological polar surface area (TPSA) is 45.6 Å². The first kappa shape index (κ1) is 22.1. The van der Waals surface area contributed by atoms with Crippen LogP contribution in [-0.2, 0) is 22.7 Å². The van der Waals surface area contributed by atoms with Crippen LogP contribution in [0.2, 0.25) is 0 Å². The van der Waals surface area contributed by atoms with Gasteiger partial charge in [-0.25, -0.2) is 0 Å². The molecule has 0 atom stereocenters. The fourth-order valence-corrected chi connectivity index (χ4v) is 4.39. The molecule has 1 saturated carbocycles. The van der Waals surface area contributed by atoms with Crippen LogP contribution in [-0.4, -0.2) is 44.8 Å². The summed E-state index contributed by atoms with van der Waals surface area (Å²) in [7, 11) is 0. The number of amides is 2. The second kappa shape index (κ2) is 10.5. The maximum absolute atomic E-state index is 13.3. The van der Waals surface area contributed by atoms with E-state index in [-0.39, 0.29) is 30.4 Å². The van der Waals surface area contributed by atoms with Gasteiger partial charge in [0.05, 0.1) is 6.54 Å². The van der Waals surface area contributed by atoms with Crippen molar-refractivity contribution in [2.45, 2.75) is 78.0 Å². The number of benzene rings is 1. The van der Waals surface area contributed by atoms with E-state index in [0.717, 1.165) is 37.9 Å². The van der Waals surface area contributed by atoms with E-state index in [4.69, 9.17) is 0 Å². The summed E-state index contributed by atoms with van der Waals surface area (Å²) in [6.45, 7) is 7.18. The van der Waals surface area contributed by atoms with Crippen molar-refractivity contribution in [1.82, 2.24) is 14.4 Å². The summed E-state index contributed by atoms with van der Waals surface area (Å²) in [5, 5.41) is 0. The molecule has 0 unspecified atom stereocenters. The minimum Gasteiger partial charge on any atom is -0.345 e. The summed E-state index contributed by atoms with van der Waals surface area (Å²) in [4.78, 5) is 29.3. The number of rotatable bonds is 8. The van der Waals surface area contributed by atoms with Crippen LogP contribution in [0, 0.1) is 0 Å². The van der Waals surface area contributed by atoms with Crippen molar-refractivity contribution in [2.24, 2.45) is 0 Å². The van der Waals surface area contributed by atoms with Gasteiger partial charge in [-0.2, -0.15) is 0 Å². The highest BCUT2D eigenvalue weighted by Crippen LogP contribution is 2.23. The maximum atomic E-state index is 13.3. The Morgan fingerprint density at radius 1 is 1.03 bits per heavy atom. The van der Waals surface area contributed by atoms with Crippen molar-refractivity contribution in [1.29, 1.82) is 0 Å². The van der Waals surface area contributed by atoms with Gasteiger partial charge in [0.15, 0.2) is 0 Å². The Kier molecular flexibility index (Phi) is 7.72. The largest absolute Gasteiger partial charge is 0.345 e. The molecule has 30 heavy (non-hydrogen) atoms. The van der Waals surface area contributed by atoms with Gasteiger partial charge in [0.1, 0.15) is 6.54 Å². The van der Waals surface area contributed by atoms with Gasteiger partial charge in [-0.3, -0.25) is 9.59 Å². The highest BCUT2D eigenvalue weighted by Gasteiger charge is 2.28. The monoisotopic (exact) mass is 409 g/mol. The van der Waals surface area contributed by atoms with Crippen molar-refractivity contribution in [2.75, 3.05) is 6.54 Å². The van der Waals surface area contributed by atoms with Crippen molar-refractivity contribution < 1.29 is 9.59 Å². The molecule has 162 valence electrons. The SMILES string of the molecule is CC(=O)N(CC(=O)N(Cc1cccn1Cc1ccccc1)C(C)C)C1CCCCC1. The Morgan fingerprint density at radius 2 is 1.73 bits per heavy atom. The third-order valence-electron chi connectivity index (χ3n) is 6.12. The molecule has 1 aromatic heterocycles. The first-order valence-corrected chi connectivity index (χ1v) is 11.2. The molecule has 1 heterocycles. The quantitative estimate of drug-likeness (QED) is 0.646. The minimum atomic E-state index is 0.00593. The number of carbonyl (C=O) groups is 2. The van der Waals surface area contributed by atoms with E-state index in [1.807, 2.05) is 43.0 Å². The Labute approximate surface area is 180 Å². The number of aromatic nitrogens is 1. The Bertz CT molecular complexity index is 822. The van der Waals surface area contributed by atoms with Crippen LogP contribution in [0.3, 0.4) is 0 Å². The molecule has 0 aliphatic heterocycles. The van der Waals surface area contributed by atoms with Gasteiger partial charge in [0.25, 0.3) is 0 Å². The number of hydrogen-bond donors (Lipinski definition) is 0. The molecule has 0 N–H and O–H groups in total. The molecule has 5 nitrogen and oxygen atoms in total. The molecule has 1 aromatic carbocycles. The van der Waals surface area contributed by atoms with E-state index < -0.39 is 0 Å². The molecule has 1 aliphatic rings. The van der Waals surface area contributed by atoms with Crippen LogP contribution >= 0.6 is 0 Å². The van der Waals surface area contributed by atoms with E-state index >= 15 is 0 Å².